The number of hydrogen-bond donors (Lipinski definition) is 1. The summed E-state index contributed by atoms with van der Waals surface area (Å²) in [4.78, 5) is 4.37. The zero-order valence-electron chi connectivity index (χ0n) is 13.8. The van der Waals surface area contributed by atoms with E-state index in [9.17, 15) is 0 Å². The van der Waals surface area contributed by atoms with Gasteiger partial charge < -0.3 is 4.42 Å². The number of benzene rings is 1. The fraction of sp³-hybridized carbons (Fsp3) is 0.500. The molecule has 0 spiro atoms. The molecule has 4 heteroatoms. The summed E-state index contributed by atoms with van der Waals surface area (Å²) < 4.78 is 5.79. The summed E-state index contributed by atoms with van der Waals surface area (Å²) in [7, 11) is 0. The Morgan fingerprint density at radius 3 is 2.32 bits per heavy atom. The van der Waals surface area contributed by atoms with Gasteiger partial charge in [-0.15, -0.1) is 0 Å². The lowest BCUT2D eigenvalue weighted by Crippen LogP contribution is -2.41. The van der Waals surface area contributed by atoms with Crippen molar-refractivity contribution in [1.29, 1.82) is 0 Å². The summed E-state index contributed by atoms with van der Waals surface area (Å²) >= 11 is 6.01. The Bertz CT molecular complexity index is 585. The van der Waals surface area contributed by atoms with Crippen LogP contribution in [-0.4, -0.2) is 4.98 Å². The maximum atomic E-state index is 6.01. The molecule has 22 heavy (non-hydrogen) atoms. The van der Waals surface area contributed by atoms with Crippen LogP contribution in [0.5, 0.6) is 0 Å². The normalized spacial score (nSPS) is 12.1. The molecule has 0 atom stereocenters. The van der Waals surface area contributed by atoms with E-state index in [0.29, 0.717) is 12.5 Å². The Morgan fingerprint density at radius 1 is 1.18 bits per heavy atom. The van der Waals surface area contributed by atoms with E-state index < -0.39 is 0 Å². The van der Waals surface area contributed by atoms with Crippen LogP contribution in [0.15, 0.2) is 34.9 Å². The van der Waals surface area contributed by atoms with Crippen molar-refractivity contribution in [3.05, 3.63) is 52.7 Å². The first-order chi connectivity index (χ1) is 10.5. The van der Waals surface area contributed by atoms with Crippen LogP contribution in [0.2, 0.25) is 5.02 Å². The standard InChI is InChI=1S/C18H25ClN2O/c1-5-18(6-2,14-7-9-15(19)10-8-14)21-12-17-20-11-16(22-17)13(3)4/h7-11,13,21H,5-6,12H2,1-4H3. The Labute approximate surface area is 138 Å². The van der Waals surface area contributed by atoms with Gasteiger partial charge in [-0.1, -0.05) is 51.4 Å². The van der Waals surface area contributed by atoms with Crippen molar-refractivity contribution in [1.82, 2.24) is 10.3 Å². The lowest BCUT2D eigenvalue weighted by molar-refractivity contribution is 0.286. The number of oxazole rings is 1. The van der Waals surface area contributed by atoms with E-state index in [2.05, 4.69) is 50.1 Å². The summed E-state index contributed by atoms with van der Waals surface area (Å²) in [6.45, 7) is 9.22. The van der Waals surface area contributed by atoms with Gasteiger partial charge in [0.05, 0.1) is 12.7 Å². The van der Waals surface area contributed by atoms with Gasteiger partial charge in [0.1, 0.15) is 5.76 Å². The molecule has 0 saturated heterocycles. The van der Waals surface area contributed by atoms with E-state index in [4.69, 9.17) is 16.0 Å². The molecule has 1 aromatic carbocycles. The highest BCUT2D eigenvalue weighted by atomic mass is 35.5. The van der Waals surface area contributed by atoms with Gasteiger partial charge in [0.25, 0.3) is 0 Å². The molecule has 0 aliphatic heterocycles. The van der Waals surface area contributed by atoms with Crippen molar-refractivity contribution >= 4 is 11.6 Å². The van der Waals surface area contributed by atoms with Crippen LogP contribution < -0.4 is 5.32 Å². The molecule has 120 valence electrons. The van der Waals surface area contributed by atoms with Crippen LogP contribution in [-0.2, 0) is 12.1 Å². The molecule has 2 aromatic rings. The molecule has 0 fully saturated rings. The van der Waals surface area contributed by atoms with E-state index in [-0.39, 0.29) is 5.54 Å². The largest absolute Gasteiger partial charge is 0.444 e. The minimum absolute atomic E-state index is 0.0863. The van der Waals surface area contributed by atoms with E-state index in [0.717, 1.165) is 29.5 Å². The maximum Gasteiger partial charge on any atom is 0.208 e. The molecule has 1 aromatic heterocycles. The van der Waals surface area contributed by atoms with Gasteiger partial charge in [-0.2, -0.15) is 0 Å². The molecule has 0 aliphatic carbocycles. The number of nitrogens with zero attached hydrogens (tertiary/aromatic N) is 1. The van der Waals surface area contributed by atoms with Crippen molar-refractivity contribution in [2.75, 3.05) is 0 Å². The molecule has 1 heterocycles. The van der Waals surface area contributed by atoms with E-state index >= 15 is 0 Å². The maximum absolute atomic E-state index is 6.01. The molecule has 3 nitrogen and oxygen atoms in total. The van der Waals surface area contributed by atoms with Crippen molar-refractivity contribution in [3.63, 3.8) is 0 Å². The fourth-order valence-electron chi connectivity index (χ4n) is 2.70. The average molecular weight is 321 g/mol. The molecule has 0 bridgehead atoms. The molecule has 0 amide bonds. The molecular formula is C18H25ClN2O. The minimum Gasteiger partial charge on any atom is -0.444 e. The van der Waals surface area contributed by atoms with E-state index in [1.54, 1.807) is 0 Å². The number of nitrogens with one attached hydrogen (secondary N) is 1. The first-order valence-corrected chi connectivity index (χ1v) is 8.34. The highest BCUT2D eigenvalue weighted by Gasteiger charge is 2.28. The van der Waals surface area contributed by atoms with Crippen LogP contribution >= 0.6 is 11.6 Å². The fourth-order valence-corrected chi connectivity index (χ4v) is 2.82. The van der Waals surface area contributed by atoms with Crippen LogP contribution in [0.25, 0.3) is 0 Å². The Kier molecular flexibility index (Phi) is 5.65. The van der Waals surface area contributed by atoms with Gasteiger partial charge in [0.2, 0.25) is 5.89 Å². The van der Waals surface area contributed by atoms with Crippen molar-refractivity contribution < 1.29 is 4.42 Å². The smallest absolute Gasteiger partial charge is 0.208 e. The highest BCUT2D eigenvalue weighted by molar-refractivity contribution is 6.30. The third-order valence-corrected chi connectivity index (χ3v) is 4.57. The summed E-state index contributed by atoms with van der Waals surface area (Å²) in [5.74, 6) is 2.03. The van der Waals surface area contributed by atoms with Crippen LogP contribution in [0.4, 0.5) is 0 Å². The Balaban J connectivity index is 2.15. The van der Waals surface area contributed by atoms with Crippen molar-refractivity contribution in [3.8, 4) is 0 Å². The van der Waals surface area contributed by atoms with E-state index in [1.165, 1.54) is 5.56 Å². The van der Waals surface area contributed by atoms with Gasteiger partial charge in [0, 0.05) is 16.5 Å². The summed E-state index contributed by atoms with van der Waals surface area (Å²) in [6.07, 6.45) is 3.80. The molecular weight excluding hydrogens is 296 g/mol. The molecule has 0 aliphatic rings. The summed E-state index contributed by atoms with van der Waals surface area (Å²) in [5, 5.41) is 4.40. The van der Waals surface area contributed by atoms with Crippen LogP contribution in [0, 0.1) is 0 Å². The number of rotatable bonds is 7. The SMILES string of the molecule is CCC(CC)(NCc1ncc(C(C)C)o1)c1ccc(Cl)cc1. The second kappa shape index (κ2) is 7.30. The second-order valence-electron chi connectivity index (χ2n) is 5.96. The summed E-state index contributed by atoms with van der Waals surface area (Å²) in [6, 6.07) is 8.08. The molecule has 1 N–H and O–H groups in total. The quantitative estimate of drug-likeness (QED) is 0.756. The Hall–Kier alpha value is -1.32. The van der Waals surface area contributed by atoms with Crippen LogP contribution in [0.3, 0.4) is 0 Å². The first-order valence-electron chi connectivity index (χ1n) is 7.96. The van der Waals surface area contributed by atoms with Crippen molar-refractivity contribution in [2.45, 2.75) is 58.5 Å². The van der Waals surface area contributed by atoms with Crippen molar-refractivity contribution in [2.24, 2.45) is 0 Å². The third-order valence-electron chi connectivity index (χ3n) is 4.32. The zero-order chi connectivity index (χ0) is 16.2. The second-order valence-corrected chi connectivity index (χ2v) is 6.40. The molecule has 0 unspecified atom stereocenters. The topological polar surface area (TPSA) is 38.1 Å². The van der Waals surface area contributed by atoms with Gasteiger partial charge in [-0.05, 0) is 30.5 Å². The lowest BCUT2D eigenvalue weighted by atomic mass is 9.84. The highest BCUT2D eigenvalue weighted by Crippen LogP contribution is 2.30. The van der Waals surface area contributed by atoms with Crippen LogP contribution in [0.1, 0.15) is 63.7 Å². The Morgan fingerprint density at radius 2 is 1.82 bits per heavy atom. The van der Waals surface area contributed by atoms with E-state index in [1.807, 2.05) is 18.3 Å². The predicted molar refractivity (Wildman–Crippen MR) is 91.1 cm³/mol. The van der Waals surface area contributed by atoms with Gasteiger partial charge in [-0.25, -0.2) is 4.98 Å². The lowest BCUT2D eigenvalue weighted by Gasteiger charge is -2.33. The first kappa shape index (κ1) is 17.0. The number of halogens is 1. The third kappa shape index (κ3) is 3.71. The zero-order valence-corrected chi connectivity index (χ0v) is 14.6. The van der Waals surface area contributed by atoms with Gasteiger partial charge >= 0.3 is 0 Å². The number of aromatic nitrogens is 1. The molecule has 0 radical (unpaired) electrons. The predicted octanol–water partition coefficient (Wildman–Crippen LogP) is 5.26. The minimum atomic E-state index is -0.0863. The molecule has 0 saturated carbocycles. The average Bonchev–Trinajstić information content (AvgIpc) is 2.99. The summed E-state index contributed by atoms with van der Waals surface area (Å²) in [5.41, 5.74) is 1.16. The number of hydrogen-bond acceptors (Lipinski definition) is 3. The van der Waals surface area contributed by atoms with Gasteiger partial charge in [-0.3, -0.25) is 5.32 Å². The molecule has 2 rings (SSSR count). The monoisotopic (exact) mass is 320 g/mol. The van der Waals surface area contributed by atoms with Gasteiger partial charge in [0.15, 0.2) is 0 Å².